The molecule has 7 heteroatoms. The van der Waals surface area contributed by atoms with Crippen LogP contribution in [0.1, 0.15) is 32.6 Å². The van der Waals surface area contributed by atoms with Crippen LogP contribution in [0.25, 0.3) is 0 Å². The maximum Gasteiger partial charge on any atom is 0.227 e. The van der Waals surface area contributed by atoms with E-state index in [2.05, 4.69) is 6.92 Å². The summed E-state index contributed by atoms with van der Waals surface area (Å²) >= 11 is 0. The molecular weight excluding hydrogens is 304 g/mol. The first kappa shape index (κ1) is 15.8. The Hall–Kier alpha value is -1.11. The first-order valence-corrected chi connectivity index (χ1v) is 9.87. The van der Waals surface area contributed by atoms with E-state index in [4.69, 9.17) is 0 Å². The van der Waals surface area contributed by atoms with Crippen LogP contribution in [0.4, 0.5) is 0 Å². The van der Waals surface area contributed by atoms with E-state index in [0.29, 0.717) is 18.9 Å². The van der Waals surface area contributed by atoms with Crippen LogP contribution >= 0.6 is 0 Å². The number of carbonyl (C=O) groups excluding carboxylic acids is 2. The molecule has 124 valence electrons. The highest BCUT2D eigenvalue weighted by Gasteiger charge is 2.43. The van der Waals surface area contributed by atoms with E-state index in [1.165, 1.54) is 12.8 Å². The number of hydrogen-bond acceptors (Lipinski definition) is 4. The normalized spacial score (nSPS) is 32.3. The Kier molecular flexibility index (Phi) is 3.95. The van der Waals surface area contributed by atoms with Gasteiger partial charge in [-0.25, -0.2) is 8.42 Å². The molecule has 0 aromatic heterocycles. The average Bonchev–Trinajstić information content (AvgIpc) is 3.15. The zero-order valence-electron chi connectivity index (χ0n) is 13.2. The van der Waals surface area contributed by atoms with Gasteiger partial charge in [-0.1, -0.05) is 0 Å². The maximum absolute atomic E-state index is 12.6. The first-order chi connectivity index (χ1) is 10.3. The smallest absolute Gasteiger partial charge is 0.227 e. The third-order valence-electron chi connectivity index (χ3n) is 5.42. The predicted octanol–water partition coefficient (Wildman–Crippen LogP) is 0.279. The van der Waals surface area contributed by atoms with Crippen LogP contribution < -0.4 is 0 Å². The van der Waals surface area contributed by atoms with Crippen molar-refractivity contribution in [2.24, 2.45) is 11.8 Å². The summed E-state index contributed by atoms with van der Waals surface area (Å²) in [5.74, 6) is 0.431. The lowest BCUT2D eigenvalue weighted by Crippen LogP contribution is -2.42. The van der Waals surface area contributed by atoms with Crippen LogP contribution in [-0.2, 0) is 19.4 Å². The van der Waals surface area contributed by atoms with Gasteiger partial charge in [-0.05, 0) is 32.1 Å². The van der Waals surface area contributed by atoms with Crippen molar-refractivity contribution in [3.05, 3.63) is 0 Å². The highest BCUT2D eigenvalue weighted by atomic mass is 32.2. The minimum atomic E-state index is -3.02. The van der Waals surface area contributed by atoms with Crippen LogP contribution in [0.15, 0.2) is 0 Å². The molecule has 0 N–H and O–H groups in total. The van der Waals surface area contributed by atoms with E-state index in [-0.39, 0.29) is 47.7 Å². The Morgan fingerprint density at radius 1 is 1.32 bits per heavy atom. The Balaban J connectivity index is 1.62. The van der Waals surface area contributed by atoms with Crippen LogP contribution in [-0.4, -0.2) is 67.2 Å². The summed E-state index contributed by atoms with van der Waals surface area (Å²) in [7, 11) is -1.20. The lowest BCUT2D eigenvalue weighted by atomic mass is 10.1. The van der Waals surface area contributed by atoms with E-state index in [1.54, 1.807) is 9.80 Å². The van der Waals surface area contributed by atoms with Crippen molar-refractivity contribution >= 4 is 21.7 Å². The van der Waals surface area contributed by atoms with Gasteiger partial charge in [0.2, 0.25) is 11.8 Å². The molecule has 3 atom stereocenters. The fourth-order valence-corrected chi connectivity index (χ4v) is 5.39. The monoisotopic (exact) mass is 328 g/mol. The largest absolute Gasteiger partial charge is 0.342 e. The summed E-state index contributed by atoms with van der Waals surface area (Å²) in [6.07, 6.45) is 3.07. The number of likely N-dealkylation sites (tertiary alicyclic amines) is 1. The molecule has 6 nitrogen and oxygen atoms in total. The molecule has 2 saturated heterocycles. The van der Waals surface area contributed by atoms with Crippen LogP contribution in [0.2, 0.25) is 0 Å². The molecule has 0 bridgehead atoms. The van der Waals surface area contributed by atoms with Crippen molar-refractivity contribution in [3.63, 3.8) is 0 Å². The Bertz CT molecular complexity index is 584. The van der Waals surface area contributed by atoms with Crippen LogP contribution in [0.3, 0.4) is 0 Å². The van der Waals surface area contributed by atoms with E-state index in [1.807, 2.05) is 7.05 Å². The van der Waals surface area contributed by atoms with Crippen molar-refractivity contribution < 1.29 is 18.0 Å². The molecule has 0 aromatic carbocycles. The van der Waals surface area contributed by atoms with Crippen molar-refractivity contribution in [3.8, 4) is 0 Å². The second-order valence-corrected chi connectivity index (χ2v) is 9.26. The molecule has 0 radical (unpaired) electrons. The second kappa shape index (κ2) is 5.51. The molecule has 3 aliphatic rings. The quantitative estimate of drug-likeness (QED) is 0.743. The third-order valence-corrected chi connectivity index (χ3v) is 7.17. The fourth-order valence-electron chi connectivity index (χ4n) is 3.65. The molecule has 0 spiro atoms. The minimum absolute atomic E-state index is 0.0242. The maximum atomic E-state index is 12.6. The predicted molar refractivity (Wildman–Crippen MR) is 81.8 cm³/mol. The van der Waals surface area contributed by atoms with Crippen molar-refractivity contribution in [1.82, 2.24) is 9.80 Å². The number of rotatable bonds is 4. The minimum Gasteiger partial charge on any atom is -0.342 e. The SMILES string of the molecule is C[C@H](C1CC1)N(C)C(=O)[C@@H]1CC(=O)N([C@H]2CCS(=O)(=O)C2)C1. The summed E-state index contributed by atoms with van der Waals surface area (Å²) in [4.78, 5) is 28.2. The van der Waals surface area contributed by atoms with Gasteiger partial charge in [-0.3, -0.25) is 9.59 Å². The van der Waals surface area contributed by atoms with Gasteiger partial charge >= 0.3 is 0 Å². The summed E-state index contributed by atoms with van der Waals surface area (Å²) in [6, 6.07) is -0.00929. The summed E-state index contributed by atoms with van der Waals surface area (Å²) < 4.78 is 23.2. The molecule has 1 saturated carbocycles. The molecule has 22 heavy (non-hydrogen) atoms. The molecule has 3 fully saturated rings. The Labute approximate surface area is 131 Å². The topological polar surface area (TPSA) is 74.8 Å². The van der Waals surface area contributed by atoms with Gasteiger partial charge < -0.3 is 9.80 Å². The van der Waals surface area contributed by atoms with E-state index in [9.17, 15) is 18.0 Å². The van der Waals surface area contributed by atoms with E-state index < -0.39 is 9.84 Å². The highest BCUT2D eigenvalue weighted by Crippen LogP contribution is 2.36. The van der Waals surface area contributed by atoms with Crippen molar-refractivity contribution in [2.75, 3.05) is 25.1 Å². The zero-order chi connectivity index (χ0) is 16.1. The van der Waals surface area contributed by atoms with Gasteiger partial charge in [0, 0.05) is 32.1 Å². The molecule has 0 unspecified atom stereocenters. The zero-order valence-corrected chi connectivity index (χ0v) is 14.0. The van der Waals surface area contributed by atoms with Gasteiger partial charge in [0.1, 0.15) is 0 Å². The molecule has 2 amide bonds. The first-order valence-electron chi connectivity index (χ1n) is 8.05. The molecule has 2 aliphatic heterocycles. The third kappa shape index (κ3) is 3.00. The lowest BCUT2D eigenvalue weighted by Gasteiger charge is -2.28. The molecule has 1 aliphatic carbocycles. The lowest BCUT2D eigenvalue weighted by molar-refractivity contribution is -0.136. The number of amides is 2. The highest BCUT2D eigenvalue weighted by molar-refractivity contribution is 7.91. The van der Waals surface area contributed by atoms with Gasteiger partial charge in [0.05, 0.1) is 17.4 Å². The van der Waals surface area contributed by atoms with Crippen LogP contribution in [0, 0.1) is 11.8 Å². The van der Waals surface area contributed by atoms with Crippen molar-refractivity contribution in [1.29, 1.82) is 0 Å². The molecule has 2 heterocycles. The molecular formula is C15H24N2O4S. The summed E-state index contributed by atoms with van der Waals surface area (Å²) in [5, 5.41) is 0. The Morgan fingerprint density at radius 2 is 2.00 bits per heavy atom. The number of sulfone groups is 1. The second-order valence-electron chi connectivity index (χ2n) is 7.03. The Morgan fingerprint density at radius 3 is 2.55 bits per heavy atom. The van der Waals surface area contributed by atoms with Gasteiger partial charge in [0.15, 0.2) is 9.84 Å². The van der Waals surface area contributed by atoms with Gasteiger partial charge in [0.25, 0.3) is 0 Å². The van der Waals surface area contributed by atoms with Crippen molar-refractivity contribution in [2.45, 2.75) is 44.7 Å². The molecule has 0 aromatic rings. The van der Waals surface area contributed by atoms with E-state index >= 15 is 0 Å². The van der Waals surface area contributed by atoms with Gasteiger partial charge in [-0.2, -0.15) is 0 Å². The number of carbonyl (C=O) groups is 2. The summed E-state index contributed by atoms with van der Waals surface area (Å²) in [5.41, 5.74) is 0. The molecule has 3 rings (SSSR count). The average molecular weight is 328 g/mol. The standard InChI is InChI=1S/C15H24N2O4S/c1-10(11-3-4-11)16(2)15(19)12-7-14(18)17(8-12)13-5-6-22(20,21)9-13/h10-13H,3-9H2,1-2H3/t10-,12-,13+/m1/s1. The fraction of sp³-hybridized carbons (Fsp3) is 0.867. The summed E-state index contributed by atoms with van der Waals surface area (Å²) in [6.45, 7) is 2.44. The van der Waals surface area contributed by atoms with Gasteiger partial charge in [-0.15, -0.1) is 0 Å². The number of hydrogen-bond donors (Lipinski definition) is 0. The number of nitrogens with zero attached hydrogens (tertiary/aromatic N) is 2. The van der Waals surface area contributed by atoms with E-state index in [0.717, 1.165) is 0 Å². The van der Waals surface area contributed by atoms with Crippen LogP contribution in [0.5, 0.6) is 0 Å².